The number of tetrazole rings is 1. The fourth-order valence-electron chi connectivity index (χ4n) is 3.38. The molecule has 0 saturated carbocycles. The second-order valence-corrected chi connectivity index (χ2v) is 6.32. The molecule has 27 heavy (non-hydrogen) atoms. The van der Waals surface area contributed by atoms with Gasteiger partial charge < -0.3 is 0 Å². The number of imidazole rings is 1. The molecule has 7 nitrogen and oxygen atoms in total. The summed E-state index contributed by atoms with van der Waals surface area (Å²) in [6, 6.07) is 10.5. The molecule has 0 aliphatic carbocycles. The molecule has 0 N–H and O–H groups in total. The molecule has 4 aromatic rings. The van der Waals surface area contributed by atoms with E-state index in [1.54, 1.807) is 32.9 Å². The molecule has 138 valence electrons. The zero-order chi connectivity index (χ0) is 19.1. The lowest BCUT2D eigenvalue weighted by atomic mass is 10.1. The third kappa shape index (κ3) is 2.64. The SMILES string of the molecule is CCn1c(=O)n(CC)c2cc(-n3nnnc3-c3ccc(F)c(C)c3)ccc21. The van der Waals surface area contributed by atoms with Crippen LogP contribution in [-0.4, -0.2) is 29.3 Å². The third-order valence-electron chi connectivity index (χ3n) is 4.77. The van der Waals surface area contributed by atoms with Gasteiger partial charge in [0.05, 0.1) is 16.7 Å². The van der Waals surface area contributed by atoms with Crippen molar-refractivity contribution < 1.29 is 4.39 Å². The average Bonchev–Trinajstić information content (AvgIpc) is 3.25. The smallest absolute Gasteiger partial charge is 0.292 e. The molecule has 0 bridgehead atoms. The molecule has 0 radical (unpaired) electrons. The van der Waals surface area contributed by atoms with Crippen LogP contribution in [0.5, 0.6) is 0 Å². The number of aryl methyl sites for hydroxylation is 3. The summed E-state index contributed by atoms with van der Waals surface area (Å²) < 4.78 is 18.7. The summed E-state index contributed by atoms with van der Waals surface area (Å²) in [5.74, 6) is 0.241. The number of nitrogens with zero attached hydrogens (tertiary/aromatic N) is 6. The maximum atomic E-state index is 13.6. The average molecular weight is 366 g/mol. The molecule has 0 fully saturated rings. The van der Waals surface area contributed by atoms with Gasteiger partial charge in [0.2, 0.25) is 0 Å². The van der Waals surface area contributed by atoms with Gasteiger partial charge in [-0.3, -0.25) is 9.13 Å². The van der Waals surface area contributed by atoms with Crippen molar-refractivity contribution >= 4 is 11.0 Å². The first-order valence-electron chi connectivity index (χ1n) is 8.83. The van der Waals surface area contributed by atoms with Gasteiger partial charge >= 0.3 is 5.69 Å². The van der Waals surface area contributed by atoms with E-state index in [1.807, 2.05) is 32.0 Å². The number of hydrogen-bond donors (Lipinski definition) is 0. The van der Waals surface area contributed by atoms with Crippen LogP contribution in [0.15, 0.2) is 41.2 Å². The lowest BCUT2D eigenvalue weighted by Gasteiger charge is -2.07. The molecule has 0 aliphatic rings. The minimum Gasteiger partial charge on any atom is -0.292 e. The first-order valence-corrected chi connectivity index (χ1v) is 8.83. The Morgan fingerprint density at radius 3 is 2.44 bits per heavy atom. The Morgan fingerprint density at radius 1 is 1.00 bits per heavy atom. The summed E-state index contributed by atoms with van der Waals surface area (Å²) in [7, 11) is 0. The molecule has 0 saturated heterocycles. The van der Waals surface area contributed by atoms with Crippen LogP contribution >= 0.6 is 0 Å². The fraction of sp³-hybridized carbons (Fsp3) is 0.263. The molecule has 4 rings (SSSR count). The first kappa shape index (κ1) is 17.1. The quantitative estimate of drug-likeness (QED) is 0.557. The molecule has 2 heterocycles. The van der Waals surface area contributed by atoms with Crippen LogP contribution < -0.4 is 5.69 Å². The van der Waals surface area contributed by atoms with Crippen LogP contribution in [0.2, 0.25) is 0 Å². The summed E-state index contributed by atoms with van der Waals surface area (Å²) in [6.45, 7) is 6.77. The van der Waals surface area contributed by atoms with Gasteiger partial charge in [-0.25, -0.2) is 9.18 Å². The highest BCUT2D eigenvalue weighted by Gasteiger charge is 2.16. The number of halogens is 1. The molecule has 0 unspecified atom stereocenters. The predicted molar refractivity (Wildman–Crippen MR) is 100 cm³/mol. The molecule has 2 aromatic heterocycles. The van der Waals surface area contributed by atoms with Gasteiger partial charge in [-0.05, 0) is 73.2 Å². The molecular formula is C19H19FN6O. The Morgan fingerprint density at radius 2 is 1.74 bits per heavy atom. The lowest BCUT2D eigenvalue weighted by Crippen LogP contribution is -2.23. The van der Waals surface area contributed by atoms with E-state index in [1.165, 1.54) is 6.07 Å². The van der Waals surface area contributed by atoms with Crippen LogP contribution in [0.25, 0.3) is 28.1 Å². The van der Waals surface area contributed by atoms with Gasteiger partial charge in [-0.2, -0.15) is 4.68 Å². The van der Waals surface area contributed by atoms with Gasteiger partial charge in [0.1, 0.15) is 5.82 Å². The Kier molecular flexibility index (Phi) is 4.10. The summed E-state index contributed by atoms with van der Waals surface area (Å²) in [6.07, 6.45) is 0. The van der Waals surface area contributed by atoms with Crippen molar-refractivity contribution in [1.82, 2.24) is 29.3 Å². The van der Waals surface area contributed by atoms with E-state index in [0.717, 1.165) is 22.3 Å². The number of aromatic nitrogens is 6. The zero-order valence-corrected chi connectivity index (χ0v) is 15.3. The number of benzene rings is 2. The summed E-state index contributed by atoms with van der Waals surface area (Å²) in [5, 5.41) is 12.0. The predicted octanol–water partition coefficient (Wildman–Crippen LogP) is 2.93. The van der Waals surface area contributed by atoms with Crippen molar-refractivity contribution in [3.8, 4) is 17.1 Å². The van der Waals surface area contributed by atoms with Crippen LogP contribution in [0.1, 0.15) is 19.4 Å². The normalized spacial score (nSPS) is 11.4. The Bertz CT molecular complexity index is 1200. The van der Waals surface area contributed by atoms with Gasteiger partial charge in [-0.15, -0.1) is 5.10 Å². The van der Waals surface area contributed by atoms with Crippen molar-refractivity contribution in [2.24, 2.45) is 0 Å². The highest BCUT2D eigenvalue weighted by molar-refractivity contribution is 5.79. The van der Waals surface area contributed by atoms with E-state index in [0.29, 0.717) is 24.5 Å². The molecule has 0 atom stereocenters. The van der Waals surface area contributed by atoms with Crippen molar-refractivity contribution in [1.29, 1.82) is 0 Å². The van der Waals surface area contributed by atoms with E-state index < -0.39 is 0 Å². The second-order valence-electron chi connectivity index (χ2n) is 6.32. The van der Waals surface area contributed by atoms with E-state index in [-0.39, 0.29) is 11.5 Å². The van der Waals surface area contributed by atoms with E-state index in [4.69, 9.17) is 0 Å². The van der Waals surface area contributed by atoms with Crippen LogP contribution in [0.3, 0.4) is 0 Å². The Labute approximate surface area is 154 Å². The van der Waals surface area contributed by atoms with Crippen LogP contribution in [0.4, 0.5) is 4.39 Å². The second kappa shape index (κ2) is 6.46. The zero-order valence-electron chi connectivity index (χ0n) is 15.3. The van der Waals surface area contributed by atoms with E-state index in [2.05, 4.69) is 15.5 Å². The molecule has 0 aliphatic heterocycles. The first-order chi connectivity index (χ1) is 13.0. The van der Waals surface area contributed by atoms with Gasteiger partial charge in [0.15, 0.2) is 5.82 Å². The van der Waals surface area contributed by atoms with Crippen molar-refractivity contribution in [2.45, 2.75) is 33.9 Å². The maximum Gasteiger partial charge on any atom is 0.329 e. The Balaban J connectivity index is 1.90. The fourth-order valence-corrected chi connectivity index (χ4v) is 3.38. The van der Waals surface area contributed by atoms with Crippen LogP contribution in [0, 0.1) is 12.7 Å². The topological polar surface area (TPSA) is 70.5 Å². The summed E-state index contributed by atoms with van der Waals surface area (Å²) in [5.41, 5.74) is 3.66. The number of fused-ring (bicyclic) bond motifs is 1. The lowest BCUT2D eigenvalue weighted by molar-refractivity contribution is 0.618. The van der Waals surface area contributed by atoms with Crippen molar-refractivity contribution in [3.63, 3.8) is 0 Å². The molecule has 0 amide bonds. The van der Waals surface area contributed by atoms with Gasteiger partial charge in [-0.1, -0.05) is 0 Å². The standard InChI is InChI=1S/C19H19FN6O/c1-4-24-16-9-7-14(11-17(16)25(5-2)19(24)27)26-18(21-22-23-26)13-6-8-15(20)12(3)10-13/h6-11H,4-5H2,1-3H3. The van der Waals surface area contributed by atoms with Gasteiger partial charge in [0, 0.05) is 18.7 Å². The third-order valence-corrected chi connectivity index (χ3v) is 4.77. The van der Waals surface area contributed by atoms with Crippen LogP contribution in [-0.2, 0) is 13.1 Å². The summed E-state index contributed by atoms with van der Waals surface area (Å²) in [4.78, 5) is 12.5. The largest absolute Gasteiger partial charge is 0.329 e. The molecule has 0 spiro atoms. The Hall–Kier alpha value is -3.29. The van der Waals surface area contributed by atoms with E-state index in [9.17, 15) is 9.18 Å². The highest BCUT2D eigenvalue weighted by Crippen LogP contribution is 2.24. The number of hydrogen-bond acceptors (Lipinski definition) is 4. The molecular weight excluding hydrogens is 347 g/mol. The minimum absolute atomic E-state index is 0.0294. The van der Waals surface area contributed by atoms with Crippen molar-refractivity contribution in [2.75, 3.05) is 0 Å². The number of rotatable bonds is 4. The molecule has 8 heteroatoms. The van der Waals surface area contributed by atoms with Crippen molar-refractivity contribution in [3.05, 3.63) is 58.3 Å². The van der Waals surface area contributed by atoms with Gasteiger partial charge in [0.25, 0.3) is 0 Å². The van der Waals surface area contributed by atoms with E-state index >= 15 is 0 Å². The maximum absolute atomic E-state index is 13.6. The summed E-state index contributed by atoms with van der Waals surface area (Å²) >= 11 is 0. The highest BCUT2D eigenvalue weighted by atomic mass is 19.1. The molecule has 2 aromatic carbocycles. The monoisotopic (exact) mass is 366 g/mol. The minimum atomic E-state index is -0.271.